The van der Waals surface area contributed by atoms with E-state index in [0.29, 0.717) is 24.0 Å². The van der Waals surface area contributed by atoms with Gasteiger partial charge in [-0.15, -0.1) is 0 Å². The summed E-state index contributed by atoms with van der Waals surface area (Å²) in [5.41, 5.74) is 1.61. The van der Waals surface area contributed by atoms with Crippen molar-refractivity contribution in [2.24, 2.45) is 0 Å². The molecule has 1 aromatic carbocycles. The number of thioether (sulfide) groups is 1. The molecule has 1 aromatic heterocycles. The van der Waals surface area contributed by atoms with E-state index in [4.69, 9.17) is 9.15 Å². The number of aromatic nitrogens is 1. The van der Waals surface area contributed by atoms with Crippen molar-refractivity contribution in [3.8, 4) is 0 Å². The molecule has 0 radical (unpaired) electrons. The summed E-state index contributed by atoms with van der Waals surface area (Å²) in [6.07, 6.45) is 0.372. The lowest BCUT2D eigenvalue weighted by atomic mass is 10.3. The highest BCUT2D eigenvalue weighted by Crippen LogP contribution is 2.23. The second kappa shape index (κ2) is 5.72. The molecule has 0 amide bonds. The lowest BCUT2D eigenvalue weighted by Gasteiger charge is -1.99. The standard InChI is InChI=1S/C12H13NO3S/c1-2-15-11(14)7-8-17-12-13-9-5-3-4-6-10(9)16-12/h3-6H,2,7-8H2,1H3. The molecule has 0 unspecified atom stereocenters. The maximum Gasteiger partial charge on any atom is 0.306 e. The maximum atomic E-state index is 11.1. The number of hydrogen-bond acceptors (Lipinski definition) is 5. The Kier molecular flexibility index (Phi) is 4.03. The van der Waals surface area contributed by atoms with Crippen LogP contribution < -0.4 is 0 Å². The fourth-order valence-electron chi connectivity index (χ4n) is 1.37. The molecule has 0 N–H and O–H groups in total. The van der Waals surface area contributed by atoms with Crippen molar-refractivity contribution in [2.75, 3.05) is 12.4 Å². The van der Waals surface area contributed by atoms with Crippen LogP contribution in [0.15, 0.2) is 33.9 Å². The van der Waals surface area contributed by atoms with Crippen LogP contribution in [0.5, 0.6) is 0 Å². The lowest BCUT2D eigenvalue weighted by Crippen LogP contribution is -2.04. The van der Waals surface area contributed by atoms with Gasteiger partial charge in [0.05, 0.1) is 13.0 Å². The third-order valence-corrected chi connectivity index (χ3v) is 2.94. The average molecular weight is 251 g/mol. The summed E-state index contributed by atoms with van der Waals surface area (Å²) in [4.78, 5) is 15.4. The zero-order valence-electron chi connectivity index (χ0n) is 9.51. The number of oxazole rings is 1. The molecule has 1 heterocycles. The maximum absolute atomic E-state index is 11.1. The first-order chi connectivity index (χ1) is 8.29. The summed E-state index contributed by atoms with van der Waals surface area (Å²) in [5, 5.41) is 0.593. The number of fused-ring (bicyclic) bond motifs is 1. The lowest BCUT2D eigenvalue weighted by molar-refractivity contribution is -0.142. The number of esters is 1. The molecule has 90 valence electrons. The van der Waals surface area contributed by atoms with Gasteiger partial charge in [0.2, 0.25) is 0 Å². The molecule has 0 fully saturated rings. The zero-order chi connectivity index (χ0) is 12.1. The van der Waals surface area contributed by atoms with E-state index < -0.39 is 0 Å². The Morgan fingerprint density at radius 2 is 2.29 bits per heavy atom. The van der Waals surface area contributed by atoms with Crippen LogP contribution >= 0.6 is 11.8 Å². The van der Waals surface area contributed by atoms with Gasteiger partial charge in [-0.2, -0.15) is 0 Å². The van der Waals surface area contributed by atoms with Crippen LogP contribution in [0, 0.1) is 0 Å². The number of benzene rings is 1. The van der Waals surface area contributed by atoms with Crippen LogP contribution in [0.4, 0.5) is 0 Å². The molecule has 0 aliphatic rings. The summed E-state index contributed by atoms with van der Waals surface area (Å²) < 4.78 is 10.3. The molecule has 4 nitrogen and oxygen atoms in total. The van der Waals surface area contributed by atoms with Gasteiger partial charge in [0.25, 0.3) is 5.22 Å². The monoisotopic (exact) mass is 251 g/mol. The molecule has 5 heteroatoms. The number of ether oxygens (including phenoxy) is 1. The summed E-state index contributed by atoms with van der Waals surface area (Å²) in [6, 6.07) is 7.59. The van der Waals surface area contributed by atoms with Gasteiger partial charge in [-0.05, 0) is 19.1 Å². The van der Waals surface area contributed by atoms with Crippen LogP contribution in [0.25, 0.3) is 11.1 Å². The summed E-state index contributed by atoms with van der Waals surface area (Å²) >= 11 is 1.42. The fraction of sp³-hybridized carbons (Fsp3) is 0.333. The summed E-state index contributed by atoms with van der Waals surface area (Å²) in [5.74, 6) is 0.433. The molecule has 0 spiro atoms. The molecule has 0 saturated carbocycles. The third-order valence-electron chi connectivity index (χ3n) is 2.11. The molecular weight excluding hydrogens is 238 g/mol. The highest BCUT2D eigenvalue weighted by atomic mass is 32.2. The average Bonchev–Trinajstić information content (AvgIpc) is 2.71. The number of rotatable bonds is 5. The first-order valence-electron chi connectivity index (χ1n) is 5.43. The predicted molar refractivity (Wildman–Crippen MR) is 66.0 cm³/mol. The Morgan fingerprint density at radius 3 is 3.06 bits per heavy atom. The minimum absolute atomic E-state index is 0.184. The Hall–Kier alpha value is -1.49. The molecule has 0 atom stereocenters. The van der Waals surface area contributed by atoms with Gasteiger partial charge in [-0.1, -0.05) is 23.9 Å². The number of carbonyl (C=O) groups is 1. The smallest absolute Gasteiger partial charge is 0.306 e. The first kappa shape index (κ1) is 12.0. The first-order valence-corrected chi connectivity index (χ1v) is 6.42. The Labute approximate surface area is 103 Å². The molecule has 0 aliphatic carbocycles. The van der Waals surface area contributed by atoms with Crippen LogP contribution in [0.3, 0.4) is 0 Å². The van der Waals surface area contributed by atoms with Gasteiger partial charge in [0.15, 0.2) is 5.58 Å². The zero-order valence-corrected chi connectivity index (χ0v) is 10.3. The van der Waals surface area contributed by atoms with Crippen molar-refractivity contribution < 1.29 is 13.9 Å². The van der Waals surface area contributed by atoms with E-state index in [9.17, 15) is 4.79 Å². The van der Waals surface area contributed by atoms with E-state index in [2.05, 4.69) is 4.98 Å². The molecule has 2 aromatic rings. The highest BCUT2D eigenvalue weighted by Gasteiger charge is 2.07. The Balaban J connectivity index is 1.89. The number of nitrogens with zero attached hydrogens (tertiary/aromatic N) is 1. The topological polar surface area (TPSA) is 52.3 Å². The minimum atomic E-state index is -0.184. The van der Waals surface area contributed by atoms with Gasteiger partial charge in [-0.3, -0.25) is 4.79 Å². The van der Waals surface area contributed by atoms with E-state index in [1.165, 1.54) is 11.8 Å². The van der Waals surface area contributed by atoms with Gasteiger partial charge >= 0.3 is 5.97 Å². The van der Waals surface area contributed by atoms with Gasteiger partial charge < -0.3 is 9.15 Å². The van der Waals surface area contributed by atoms with Crippen LogP contribution in [-0.4, -0.2) is 23.3 Å². The number of para-hydroxylation sites is 2. The second-order valence-corrected chi connectivity index (χ2v) is 4.40. The largest absolute Gasteiger partial charge is 0.466 e. The van der Waals surface area contributed by atoms with Crippen LogP contribution in [0.2, 0.25) is 0 Å². The number of carbonyl (C=O) groups excluding carboxylic acids is 1. The number of hydrogen-bond donors (Lipinski definition) is 0. The Morgan fingerprint density at radius 1 is 1.47 bits per heavy atom. The summed E-state index contributed by atoms with van der Waals surface area (Å²) in [6.45, 7) is 2.22. The molecule has 17 heavy (non-hydrogen) atoms. The van der Waals surface area contributed by atoms with Crippen molar-refractivity contribution in [1.82, 2.24) is 4.98 Å². The predicted octanol–water partition coefficient (Wildman–Crippen LogP) is 2.87. The Bertz CT molecular complexity index is 476. The third kappa shape index (κ3) is 3.23. The van der Waals surface area contributed by atoms with Crippen LogP contribution in [-0.2, 0) is 9.53 Å². The van der Waals surface area contributed by atoms with E-state index in [1.54, 1.807) is 6.92 Å². The van der Waals surface area contributed by atoms with E-state index in [1.807, 2.05) is 24.3 Å². The molecule has 0 aliphatic heterocycles. The highest BCUT2D eigenvalue weighted by molar-refractivity contribution is 7.99. The fourth-order valence-corrected chi connectivity index (χ4v) is 2.12. The molecule has 2 rings (SSSR count). The molecular formula is C12H13NO3S. The quantitative estimate of drug-likeness (QED) is 0.604. The van der Waals surface area contributed by atoms with Gasteiger partial charge in [0, 0.05) is 5.75 Å². The van der Waals surface area contributed by atoms with Gasteiger partial charge in [-0.25, -0.2) is 4.98 Å². The van der Waals surface area contributed by atoms with Crippen molar-refractivity contribution in [3.63, 3.8) is 0 Å². The normalized spacial score (nSPS) is 10.6. The van der Waals surface area contributed by atoms with E-state index >= 15 is 0 Å². The summed E-state index contributed by atoms with van der Waals surface area (Å²) in [7, 11) is 0. The van der Waals surface area contributed by atoms with Crippen molar-refractivity contribution in [3.05, 3.63) is 24.3 Å². The molecule has 0 saturated heterocycles. The van der Waals surface area contributed by atoms with Crippen LogP contribution in [0.1, 0.15) is 13.3 Å². The van der Waals surface area contributed by atoms with Crippen molar-refractivity contribution in [1.29, 1.82) is 0 Å². The second-order valence-electron chi connectivity index (χ2n) is 3.35. The SMILES string of the molecule is CCOC(=O)CCSc1nc2ccccc2o1. The van der Waals surface area contributed by atoms with E-state index in [0.717, 1.165) is 11.1 Å². The van der Waals surface area contributed by atoms with Crippen molar-refractivity contribution in [2.45, 2.75) is 18.6 Å². The molecule has 0 bridgehead atoms. The van der Waals surface area contributed by atoms with Crippen molar-refractivity contribution >= 4 is 28.8 Å². The van der Waals surface area contributed by atoms with Gasteiger partial charge in [0.1, 0.15) is 5.52 Å². The van der Waals surface area contributed by atoms with E-state index in [-0.39, 0.29) is 5.97 Å². The minimum Gasteiger partial charge on any atom is -0.466 e.